The number of nitrogens with zero attached hydrogens (tertiary/aromatic N) is 1. The number of ether oxygens (including phenoxy) is 1. The van der Waals surface area contributed by atoms with E-state index in [1.54, 1.807) is 24.3 Å². The molecule has 2 aliphatic rings. The molecule has 1 fully saturated rings. The third kappa shape index (κ3) is 5.60. The van der Waals surface area contributed by atoms with Gasteiger partial charge in [-0.05, 0) is 36.2 Å². The first kappa shape index (κ1) is 26.5. The number of alkyl halides is 3. The second-order valence-corrected chi connectivity index (χ2v) is 16.3. The summed E-state index contributed by atoms with van der Waals surface area (Å²) in [5, 5.41) is -0.107. The molecule has 34 heavy (non-hydrogen) atoms. The van der Waals surface area contributed by atoms with Crippen molar-refractivity contribution in [1.82, 2.24) is 4.90 Å². The zero-order chi connectivity index (χ0) is 25.5. The standard InChI is InChI=1S/C22H30F3NO6SSi/c1-21(2,3)34(4,5)32-17-11-16-12-19(31-33(28,29)22(23,24)25)18(13-17)26(16)20(27)30-14-15-9-7-6-8-10-15/h6-10,12,16-18H,11,13-14H2,1-5H3/t16-,17-,18+/m0/s1. The fraction of sp³-hybridized carbons (Fsp3) is 0.591. The Morgan fingerprint density at radius 1 is 1.12 bits per heavy atom. The normalized spacial score (nSPS) is 23.5. The third-order valence-corrected chi connectivity index (χ3v) is 12.1. The molecule has 1 aromatic rings. The molecule has 0 aromatic heterocycles. The first-order chi connectivity index (χ1) is 15.5. The van der Waals surface area contributed by atoms with E-state index >= 15 is 0 Å². The summed E-state index contributed by atoms with van der Waals surface area (Å²) in [7, 11) is -8.11. The van der Waals surface area contributed by atoms with E-state index in [0.717, 1.165) is 5.56 Å². The van der Waals surface area contributed by atoms with Crippen LogP contribution in [0.2, 0.25) is 18.1 Å². The monoisotopic (exact) mass is 521 g/mol. The minimum Gasteiger partial charge on any atom is -0.445 e. The highest BCUT2D eigenvalue weighted by molar-refractivity contribution is 7.87. The van der Waals surface area contributed by atoms with Crippen LogP contribution in [-0.4, -0.2) is 51.4 Å². The van der Waals surface area contributed by atoms with E-state index in [4.69, 9.17) is 9.16 Å². The molecule has 0 unspecified atom stereocenters. The van der Waals surface area contributed by atoms with Gasteiger partial charge >= 0.3 is 21.7 Å². The van der Waals surface area contributed by atoms with Gasteiger partial charge in [0.15, 0.2) is 8.32 Å². The van der Waals surface area contributed by atoms with Crippen molar-refractivity contribution >= 4 is 24.5 Å². The van der Waals surface area contributed by atoms with Gasteiger partial charge in [-0.3, -0.25) is 4.90 Å². The molecule has 2 heterocycles. The molecule has 0 spiro atoms. The van der Waals surface area contributed by atoms with E-state index in [0.29, 0.717) is 6.42 Å². The number of hydrogen-bond acceptors (Lipinski definition) is 6. The van der Waals surface area contributed by atoms with E-state index in [2.05, 4.69) is 25.0 Å². The van der Waals surface area contributed by atoms with Crippen molar-refractivity contribution in [2.24, 2.45) is 0 Å². The van der Waals surface area contributed by atoms with Crippen molar-refractivity contribution in [1.29, 1.82) is 0 Å². The number of hydrogen-bond donors (Lipinski definition) is 0. The molecular weight excluding hydrogens is 491 g/mol. The van der Waals surface area contributed by atoms with Gasteiger partial charge in [-0.15, -0.1) is 0 Å². The van der Waals surface area contributed by atoms with Crippen molar-refractivity contribution in [3.63, 3.8) is 0 Å². The number of carbonyl (C=O) groups excluding carboxylic acids is 1. The zero-order valence-electron chi connectivity index (χ0n) is 19.8. The van der Waals surface area contributed by atoms with Gasteiger partial charge in [0.25, 0.3) is 0 Å². The topological polar surface area (TPSA) is 82.1 Å². The summed E-state index contributed by atoms with van der Waals surface area (Å²) in [5.74, 6) is -0.430. The molecule has 1 aromatic carbocycles. The van der Waals surface area contributed by atoms with Gasteiger partial charge in [0.1, 0.15) is 12.4 Å². The molecule has 190 valence electrons. The lowest BCUT2D eigenvalue weighted by molar-refractivity contribution is -0.0530. The highest BCUT2D eigenvalue weighted by atomic mass is 32.2. The second kappa shape index (κ2) is 9.19. The van der Waals surface area contributed by atoms with Crippen molar-refractivity contribution in [2.45, 2.75) is 82.0 Å². The summed E-state index contributed by atoms with van der Waals surface area (Å²) in [6.07, 6.45) is 0.515. The number of carbonyl (C=O) groups is 1. The Labute approximate surface area is 199 Å². The fourth-order valence-electron chi connectivity index (χ4n) is 3.78. The summed E-state index contributed by atoms with van der Waals surface area (Å²) in [6.45, 7) is 10.3. The Morgan fingerprint density at radius 3 is 2.29 bits per heavy atom. The van der Waals surface area contributed by atoms with Gasteiger partial charge in [0.2, 0.25) is 0 Å². The molecule has 3 rings (SSSR count). The van der Waals surface area contributed by atoms with Gasteiger partial charge in [-0.25, -0.2) is 4.79 Å². The van der Waals surface area contributed by atoms with Gasteiger partial charge in [0.05, 0.1) is 12.1 Å². The van der Waals surface area contributed by atoms with E-state index < -0.39 is 47.9 Å². The first-order valence-corrected chi connectivity index (χ1v) is 15.2. The summed E-state index contributed by atoms with van der Waals surface area (Å²) in [6, 6.07) is 7.16. The minimum absolute atomic E-state index is 0.0312. The largest absolute Gasteiger partial charge is 0.534 e. The van der Waals surface area contributed by atoms with Crippen LogP contribution in [0.4, 0.5) is 18.0 Å². The molecule has 0 saturated carbocycles. The molecule has 2 bridgehead atoms. The van der Waals surface area contributed by atoms with Crippen LogP contribution in [0.1, 0.15) is 39.2 Å². The molecule has 0 N–H and O–H groups in total. The first-order valence-electron chi connectivity index (χ1n) is 10.9. The molecule has 7 nitrogen and oxygen atoms in total. The number of benzene rings is 1. The van der Waals surface area contributed by atoms with Gasteiger partial charge in [0, 0.05) is 12.5 Å². The summed E-state index contributed by atoms with van der Waals surface area (Å²) in [5.41, 5.74) is -4.84. The number of halogens is 3. The second-order valence-electron chi connectivity index (χ2n) is 10.1. The predicted octanol–water partition coefficient (Wildman–Crippen LogP) is 5.31. The maximum atomic E-state index is 13.0. The smallest absolute Gasteiger partial charge is 0.445 e. The molecule has 12 heteroatoms. The van der Waals surface area contributed by atoms with E-state index in [1.165, 1.54) is 11.0 Å². The van der Waals surface area contributed by atoms with Crippen LogP contribution in [0.5, 0.6) is 0 Å². The van der Waals surface area contributed by atoms with Crippen molar-refractivity contribution < 1.29 is 39.7 Å². The quantitative estimate of drug-likeness (QED) is 0.287. The van der Waals surface area contributed by atoms with Crippen LogP contribution in [-0.2, 0) is 30.1 Å². The summed E-state index contributed by atoms with van der Waals surface area (Å²) in [4.78, 5) is 14.1. The number of rotatable bonds is 6. The highest BCUT2D eigenvalue weighted by Gasteiger charge is 2.54. The Bertz CT molecular complexity index is 1040. The van der Waals surface area contributed by atoms with Crippen LogP contribution in [0.15, 0.2) is 42.2 Å². The molecule has 1 saturated heterocycles. The molecule has 1 amide bonds. The van der Waals surface area contributed by atoms with Gasteiger partial charge in [-0.1, -0.05) is 51.1 Å². The number of piperidine rings is 1. The van der Waals surface area contributed by atoms with Crippen molar-refractivity contribution in [3.8, 4) is 0 Å². The van der Waals surface area contributed by atoms with Crippen LogP contribution >= 0.6 is 0 Å². The SMILES string of the molecule is CC(C)(C)[Si](C)(C)O[C@H]1C[C@H]2C=C(OS(=O)(=O)C(F)(F)F)[C@@H](C1)N2C(=O)OCc1ccccc1. The van der Waals surface area contributed by atoms with Crippen molar-refractivity contribution in [2.75, 3.05) is 0 Å². The van der Waals surface area contributed by atoms with E-state index in [-0.39, 0.29) is 24.2 Å². The molecule has 2 aliphatic heterocycles. The lowest BCUT2D eigenvalue weighted by Crippen LogP contribution is -2.53. The van der Waals surface area contributed by atoms with Crippen LogP contribution in [0.25, 0.3) is 0 Å². The highest BCUT2D eigenvalue weighted by Crippen LogP contribution is 2.43. The van der Waals surface area contributed by atoms with Gasteiger partial charge in [-0.2, -0.15) is 21.6 Å². The Balaban J connectivity index is 1.81. The van der Waals surface area contributed by atoms with E-state index in [1.807, 2.05) is 19.2 Å². The Kier molecular flexibility index (Phi) is 7.18. The lowest BCUT2D eigenvalue weighted by atomic mass is 9.99. The molecular formula is C22H30F3NO6SSi. The fourth-order valence-corrected chi connectivity index (χ4v) is 5.67. The average Bonchev–Trinajstić information content (AvgIpc) is 2.91. The maximum Gasteiger partial charge on any atom is 0.534 e. The molecule has 3 atom stereocenters. The Hall–Kier alpha value is -2.05. The van der Waals surface area contributed by atoms with Crippen LogP contribution < -0.4 is 0 Å². The number of amides is 1. The third-order valence-electron chi connectivity index (χ3n) is 6.54. The molecule has 0 radical (unpaired) electrons. The lowest BCUT2D eigenvalue weighted by Gasteiger charge is -2.44. The average molecular weight is 522 g/mol. The zero-order valence-corrected chi connectivity index (χ0v) is 21.6. The number of fused-ring (bicyclic) bond motifs is 2. The van der Waals surface area contributed by atoms with Crippen LogP contribution in [0, 0.1) is 0 Å². The van der Waals surface area contributed by atoms with Crippen LogP contribution in [0.3, 0.4) is 0 Å². The predicted molar refractivity (Wildman–Crippen MR) is 121 cm³/mol. The summed E-state index contributed by atoms with van der Waals surface area (Å²) >= 11 is 0. The molecule has 0 aliphatic carbocycles. The van der Waals surface area contributed by atoms with Crippen molar-refractivity contribution in [3.05, 3.63) is 47.7 Å². The minimum atomic E-state index is -5.88. The maximum absolute atomic E-state index is 13.0. The van der Waals surface area contributed by atoms with Gasteiger partial charge < -0.3 is 13.3 Å². The van der Waals surface area contributed by atoms with E-state index in [9.17, 15) is 26.4 Å². The Morgan fingerprint density at radius 2 is 1.74 bits per heavy atom. The summed E-state index contributed by atoms with van der Waals surface area (Å²) < 4.78 is 78.5.